The Hall–Kier alpha value is -0.0800. The van der Waals surface area contributed by atoms with Crippen molar-refractivity contribution in [1.29, 1.82) is 0 Å². The molecule has 0 aromatic rings. The molecule has 0 unspecified atom stereocenters. The van der Waals surface area contributed by atoms with Crippen molar-refractivity contribution in [2.75, 3.05) is 26.2 Å². The van der Waals surface area contributed by atoms with Crippen LogP contribution in [0.15, 0.2) is 0 Å². The van der Waals surface area contributed by atoms with Gasteiger partial charge in [0.1, 0.15) is 0 Å². The van der Waals surface area contributed by atoms with Gasteiger partial charge < -0.3 is 10.2 Å². The highest BCUT2D eigenvalue weighted by molar-refractivity contribution is 4.74. The minimum atomic E-state index is 0.694. The van der Waals surface area contributed by atoms with Crippen LogP contribution < -0.4 is 5.32 Å². The lowest BCUT2D eigenvalue weighted by Crippen LogP contribution is -2.49. The Morgan fingerprint density at radius 1 is 1.31 bits per heavy atom. The highest BCUT2D eigenvalue weighted by Crippen LogP contribution is 2.04. The molecule has 1 aliphatic heterocycles. The van der Waals surface area contributed by atoms with Gasteiger partial charge in [-0.25, -0.2) is 0 Å². The molecular formula is C11H24N2. The lowest BCUT2D eigenvalue weighted by molar-refractivity contribution is 0.203. The van der Waals surface area contributed by atoms with E-state index in [1.54, 1.807) is 0 Å². The smallest absolute Gasteiger partial charge is 0.0167 e. The van der Waals surface area contributed by atoms with Crippen LogP contribution in [0.2, 0.25) is 0 Å². The van der Waals surface area contributed by atoms with Crippen molar-refractivity contribution in [3.8, 4) is 0 Å². The summed E-state index contributed by atoms with van der Waals surface area (Å²) < 4.78 is 0. The summed E-state index contributed by atoms with van der Waals surface area (Å²) in [6.07, 6.45) is 5.55. The molecule has 1 N–H and O–H groups in total. The standard InChI is InChI=1S/C11H24N2/c1-3-4-5-6-8-13-9-7-12-11(2)10-13/h11-12H,3-10H2,1-2H3/t11-/m0/s1. The maximum Gasteiger partial charge on any atom is 0.0167 e. The van der Waals surface area contributed by atoms with E-state index < -0.39 is 0 Å². The first-order chi connectivity index (χ1) is 6.33. The number of nitrogens with one attached hydrogen (secondary N) is 1. The number of unbranched alkanes of at least 4 members (excludes halogenated alkanes) is 3. The minimum absolute atomic E-state index is 0.694. The van der Waals surface area contributed by atoms with E-state index in [0.717, 1.165) is 0 Å². The molecule has 1 fully saturated rings. The van der Waals surface area contributed by atoms with Crippen LogP contribution in [0.25, 0.3) is 0 Å². The van der Waals surface area contributed by atoms with Crippen molar-refractivity contribution < 1.29 is 0 Å². The van der Waals surface area contributed by atoms with E-state index in [2.05, 4.69) is 24.1 Å². The van der Waals surface area contributed by atoms with Gasteiger partial charge in [0, 0.05) is 25.7 Å². The van der Waals surface area contributed by atoms with Gasteiger partial charge in [-0.15, -0.1) is 0 Å². The van der Waals surface area contributed by atoms with Crippen LogP contribution in [0.4, 0.5) is 0 Å². The van der Waals surface area contributed by atoms with Crippen LogP contribution in [0.3, 0.4) is 0 Å². The van der Waals surface area contributed by atoms with E-state index in [1.807, 2.05) is 0 Å². The molecule has 0 amide bonds. The van der Waals surface area contributed by atoms with E-state index in [1.165, 1.54) is 51.9 Å². The average molecular weight is 184 g/mol. The topological polar surface area (TPSA) is 15.3 Å². The Morgan fingerprint density at radius 3 is 2.85 bits per heavy atom. The van der Waals surface area contributed by atoms with Gasteiger partial charge >= 0.3 is 0 Å². The summed E-state index contributed by atoms with van der Waals surface area (Å²) >= 11 is 0. The van der Waals surface area contributed by atoms with Gasteiger partial charge in [-0.2, -0.15) is 0 Å². The molecule has 2 nitrogen and oxygen atoms in total. The average Bonchev–Trinajstić information content (AvgIpc) is 2.13. The molecule has 0 aliphatic carbocycles. The molecule has 13 heavy (non-hydrogen) atoms. The molecule has 0 spiro atoms. The first-order valence-corrected chi connectivity index (χ1v) is 5.78. The Labute approximate surface area is 82.7 Å². The summed E-state index contributed by atoms with van der Waals surface area (Å²) in [4.78, 5) is 2.59. The summed E-state index contributed by atoms with van der Waals surface area (Å²) in [5.74, 6) is 0. The van der Waals surface area contributed by atoms with Crippen molar-refractivity contribution in [3.63, 3.8) is 0 Å². The molecule has 78 valence electrons. The summed E-state index contributed by atoms with van der Waals surface area (Å²) in [5.41, 5.74) is 0. The molecule has 0 aromatic heterocycles. The highest BCUT2D eigenvalue weighted by Gasteiger charge is 2.13. The fourth-order valence-electron chi connectivity index (χ4n) is 1.98. The number of hydrogen-bond acceptors (Lipinski definition) is 2. The van der Waals surface area contributed by atoms with E-state index in [-0.39, 0.29) is 0 Å². The second-order valence-corrected chi connectivity index (χ2v) is 4.22. The lowest BCUT2D eigenvalue weighted by atomic mass is 10.1. The third-order valence-corrected chi connectivity index (χ3v) is 2.78. The van der Waals surface area contributed by atoms with E-state index in [9.17, 15) is 0 Å². The maximum atomic E-state index is 3.47. The summed E-state index contributed by atoms with van der Waals surface area (Å²) in [6.45, 7) is 9.52. The Balaban J connectivity index is 2.00. The number of rotatable bonds is 5. The van der Waals surface area contributed by atoms with Crippen LogP contribution >= 0.6 is 0 Å². The molecule has 1 atom stereocenters. The lowest BCUT2D eigenvalue weighted by Gasteiger charge is -2.31. The molecule has 1 heterocycles. The minimum Gasteiger partial charge on any atom is -0.312 e. The van der Waals surface area contributed by atoms with Crippen molar-refractivity contribution in [3.05, 3.63) is 0 Å². The third-order valence-electron chi connectivity index (χ3n) is 2.78. The van der Waals surface area contributed by atoms with E-state index in [4.69, 9.17) is 0 Å². The first kappa shape index (κ1) is 11.0. The molecule has 0 radical (unpaired) electrons. The van der Waals surface area contributed by atoms with Crippen LogP contribution in [-0.4, -0.2) is 37.1 Å². The van der Waals surface area contributed by atoms with Gasteiger partial charge in [-0.1, -0.05) is 26.2 Å². The maximum absolute atomic E-state index is 3.47. The largest absolute Gasteiger partial charge is 0.312 e. The van der Waals surface area contributed by atoms with Gasteiger partial charge in [-0.05, 0) is 19.9 Å². The molecule has 1 rings (SSSR count). The van der Waals surface area contributed by atoms with Crippen LogP contribution in [0.1, 0.15) is 39.5 Å². The van der Waals surface area contributed by atoms with Crippen LogP contribution in [-0.2, 0) is 0 Å². The van der Waals surface area contributed by atoms with Crippen molar-refractivity contribution in [2.45, 2.75) is 45.6 Å². The predicted molar refractivity (Wildman–Crippen MR) is 58.0 cm³/mol. The zero-order chi connectivity index (χ0) is 9.52. The van der Waals surface area contributed by atoms with Crippen molar-refractivity contribution >= 4 is 0 Å². The Kier molecular flexibility index (Phi) is 5.40. The predicted octanol–water partition coefficient (Wildman–Crippen LogP) is 1.86. The monoisotopic (exact) mass is 184 g/mol. The van der Waals surface area contributed by atoms with Crippen LogP contribution in [0, 0.1) is 0 Å². The SMILES string of the molecule is CCCCCCN1CCN[C@@H](C)C1. The summed E-state index contributed by atoms with van der Waals surface area (Å²) in [7, 11) is 0. The summed E-state index contributed by atoms with van der Waals surface area (Å²) in [5, 5.41) is 3.47. The molecule has 0 saturated carbocycles. The van der Waals surface area contributed by atoms with Gasteiger partial charge in [0.2, 0.25) is 0 Å². The zero-order valence-electron chi connectivity index (χ0n) is 9.18. The third kappa shape index (κ3) is 4.63. The second-order valence-electron chi connectivity index (χ2n) is 4.22. The van der Waals surface area contributed by atoms with Crippen molar-refractivity contribution in [1.82, 2.24) is 10.2 Å². The van der Waals surface area contributed by atoms with Gasteiger partial charge in [0.05, 0.1) is 0 Å². The molecule has 1 aliphatic rings. The molecule has 0 aromatic carbocycles. The summed E-state index contributed by atoms with van der Waals surface area (Å²) in [6, 6.07) is 0.694. The fraction of sp³-hybridized carbons (Fsp3) is 1.00. The molecule has 0 bridgehead atoms. The normalized spacial score (nSPS) is 24.9. The fourth-order valence-corrected chi connectivity index (χ4v) is 1.98. The van der Waals surface area contributed by atoms with E-state index in [0.29, 0.717) is 6.04 Å². The van der Waals surface area contributed by atoms with Crippen LogP contribution in [0.5, 0.6) is 0 Å². The van der Waals surface area contributed by atoms with Gasteiger partial charge in [-0.3, -0.25) is 0 Å². The zero-order valence-corrected chi connectivity index (χ0v) is 9.18. The quantitative estimate of drug-likeness (QED) is 0.656. The second kappa shape index (κ2) is 6.39. The van der Waals surface area contributed by atoms with E-state index >= 15 is 0 Å². The number of piperazine rings is 1. The first-order valence-electron chi connectivity index (χ1n) is 5.78. The number of hydrogen-bond donors (Lipinski definition) is 1. The molecular weight excluding hydrogens is 160 g/mol. The van der Waals surface area contributed by atoms with Gasteiger partial charge in [0.15, 0.2) is 0 Å². The molecule has 2 heteroatoms. The van der Waals surface area contributed by atoms with Gasteiger partial charge in [0.25, 0.3) is 0 Å². The number of nitrogens with zero attached hydrogens (tertiary/aromatic N) is 1. The Morgan fingerprint density at radius 2 is 2.15 bits per heavy atom. The Bertz CT molecular complexity index is 125. The highest BCUT2D eigenvalue weighted by atomic mass is 15.2. The van der Waals surface area contributed by atoms with Crippen molar-refractivity contribution in [2.24, 2.45) is 0 Å². The molecule has 1 saturated heterocycles.